The number of halogens is 3. The van der Waals surface area contributed by atoms with Gasteiger partial charge in [0, 0.05) is 12.2 Å². The van der Waals surface area contributed by atoms with E-state index in [1.165, 1.54) is 12.1 Å². The summed E-state index contributed by atoms with van der Waals surface area (Å²) in [6, 6.07) is 4.83. The predicted molar refractivity (Wildman–Crippen MR) is 66.4 cm³/mol. The zero-order valence-electron chi connectivity index (χ0n) is 10.3. The van der Waals surface area contributed by atoms with Crippen molar-refractivity contribution < 1.29 is 13.2 Å². The van der Waals surface area contributed by atoms with Crippen molar-refractivity contribution in [2.75, 3.05) is 11.9 Å². The highest BCUT2D eigenvalue weighted by atomic mass is 19.4. The minimum atomic E-state index is -4.36. The molecule has 0 atom stereocenters. The van der Waals surface area contributed by atoms with Crippen LogP contribution in [-0.2, 0) is 6.18 Å². The molecule has 0 aromatic heterocycles. The third-order valence-electron chi connectivity index (χ3n) is 2.09. The fraction of sp³-hybridized carbons (Fsp3) is 0.417. The molecule has 0 aliphatic carbocycles. The van der Waals surface area contributed by atoms with Gasteiger partial charge < -0.3 is 11.1 Å². The van der Waals surface area contributed by atoms with Gasteiger partial charge in [0.25, 0.3) is 0 Å². The van der Waals surface area contributed by atoms with Gasteiger partial charge in [-0.1, -0.05) is 19.9 Å². The van der Waals surface area contributed by atoms with E-state index >= 15 is 0 Å². The number of hydrogen-bond acceptors (Lipinski definition) is 1. The average Bonchev–Trinajstić information content (AvgIpc) is 2.25. The Bertz CT molecular complexity index is 425. The number of benzene rings is 1. The highest BCUT2D eigenvalue weighted by Gasteiger charge is 2.30. The van der Waals surface area contributed by atoms with Crippen LogP contribution in [0.3, 0.4) is 0 Å². The van der Waals surface area contributed by atoms with Crippen molar-refractivity contribution in [1.29, 1.82) is 0 Å². The summed E-state index contributed by atoms with van der Waals surface area (Å²) >= 11 is 0. The van der Waals surface area contributed by atoms with E-state index in [0.29, 0.717) is 12.5 Å². The maximum atomic E-state index is 12.5. The van der Waals surface area contributed by atoms with Gasteiger partial charge >= 0.3 is 6.18 Å². The Morgan fingerprint density at radius 2 is 2.06 bits per heavy atom. The van der Waals surface area contributed by atoms with Crippen molar-refractivity contribution in [2.24, 2.45) is 16.6 Å². The Morgan fingerprint density at radius 3 is 2.61 bits per heavy atom. The van der Waals surface area contributed by atoms with E-state index in [2.05, 4.69) is 10.3 Å². The summed E-state index contributed by atoms with van der Waals surface area (Å²) in [4.78, 5) is 4.01. The van der Waals surface area contributed by atoms with Crippen LogP contribution in [-0.4, -0.2) is 12.5 Å². The second-order valence-corrected chi connectivity index (χ2v) is 4.32. The summed E-state index contributed by atoms with van der Waals surface area (Å²) in [5.74, 6) is 0.454. The smallest absolute Gasteiger partial charge is 0.370 e. The van der Waals surface area contributed by atoms with E-state index in [1.54, 1.807) is 0 Å². The van der Waals surface area contributed by atoms with Crippen molar-refractivity contribution in [3.63, 3.8) is 0 Å². The lowest BCUT2D eigenvalue weighted by atomic mass is 10.2. The molecular weight excluding hydrogens is 243 g/mol. The van der Waals surface area contributed by atoms with E-state index in [1.807, 2.05) is 13.8 Å². The second-order valence-electron chi connectivity index (χ2n) is 4.32. The van der Waals surface area contributed by atoms with Crippen molar-refractivity contribution in [1.82, 2.24) is 0 Å². The molecule has 1 aromatic carbocycles. The summed E-state index contributed by atoms with van der Waals surface area (Å²) in [5.41, 5.74) is 5.13. The summed E-state index contributed by atoms with van der Waals surface area (Å²) in [6.45, 7) is 4.47. The highest BCUT2D eigenvalue weighted by molar-refractivity contribution is 5.92. The number of nitrogens with zero attached hydrogens (tertiary/aromatic N) is 1. The first-order valence-corrected chi connectivity index (χ1v) is 5.53. The Kier molecular flexibility index (Phi) is 4.58. The maximum absolute atomic E-state index is 12.5. The molecule has 0 fully saturated rings. The normalized spacial score (nSPS) is 12.9. The third kappa shape index (κ3) is 4.65. The summed E-state index contributed by atoms with van der Waals surface area (Å²) in [7, 11) is 0. The number of rotatable bonds is 3. The van der Waals surface area contributed by atoms with Crippen molar-refractivity contribution in [3.05, 3.63) is 29.8 Å². The van der Waals surface area contributed by atoms with Gasteiger partial charge in [0.1, 0.15) is 0 Å². The molecule has 6 heteroatoms. The molecule has 0 radical (unpaired) electrons. The molecule has 0 bridgehead atoms. The second kappa shape index (κ2) is 5.75. The van der Waals surface area contributed by atoms with E-state index in [4.69, 9.17) is 5.73 Å². The number of nitrogens with two attached hydrogens (primary N) is 1. The van der Waals surface area contributed by atoms with Gasteiger partial charge in [0.15, 0.2) is 5.96 Å². The van der Waals surface area contributed by atoms with Crippen LogP contribution >= 0.6 is 0 Å². The average molecular weight is 259 g/mol. The molecule has 0 amide bonds. The Hall–Kier alpha value is -1.72. The van der Waals surface area contributed by atoms with E-state index in [-0.39, 0.29) is 11.6 Å². The van der Waals surface area contributed by atoms with Crippen LogP contribution in [0.15, 0.2) is 29.3 Å². The molecule has 3 N–H and O–H groups in total. The standard InChI is InChI=1S/C12H16F3N3/c1-8(2)7-17-11(16)18-10-5-3-4-9(6-10)12(13,14)15/h3-6,8H,7H2,1-2H3,(H3,16,17,18). The van der Waals surface area contributed by atoms with E-state index in [0.717, 1.165) is 12.1 Å². The number of guanidine groups is 1. The van der Waals surface area contributed by atoms with Crippen LogP contribution in [0.5, 0.6) is 0 Å². The minimum absolute atomic E-state index is 0.114. The van der Waals surface area contributed by atoms with Crippen LogP contribution in [0, 0.1) is 5.92 Å². The molecule has 3 nitrogen and oxygen atoms in total. The molecule has 0 aliphatic rings. The topological polar surface area (TPSA) is 50.4 Å². The lowest BCUT2D eigenvalue weighted by molar-refractivity contribution is -0.137. The molecule has 0 unspecified atom stereocenters. The minimum Gasteiger partial charge on any atom is -0.370 e. The van der Waals surface area contributed by atoms with Crippen LogP contribution in [0.4, 0.5) is 18.9 Å². The summed E-state index contributed by atoms with van der Waals surface area (Å²) in [6.07, 6.45) is -4.36. The first-order chi connectivity index (χ1) is 8.29. The molecule has 100 valence electrons. The molecular formula is C12H16F3N3. The summed E-state index contributed by atoms with van der Waals surface area (Å²) in [5, 5.41) is 2.64. The summed E-state index contributed by atoms with van der Waals surface area (Å²) < 4.78 is 37.4. The lowest BCUT2D eigenvalue weighted by Gasteiger charge is -2.10. The molecule has 0 heterocycles. The lowest BCUT2D eigenvalue weighted by Crippen LogP contribution is -2.23. The number of nitrogens with one attached hydrogen (secondary N) is 1. The number of hydrogen-bond donors (Lipinski definition) is 2. The molecule has 0 spiro atoms. The fourth-order valence-corrected chi connectivity index (χ4v) is 1.24. The van der Waals surface area contributed by atoms with Crippen LogP contribution in [0.1, 0.15) is 19.4 Å². The highest BCUT2D eigenvalue weighted by Crippen LogP contribution is 2.30. The first-order valence-electron chi connectivity index (χ1n) is 5.53. The number of aliphatic imine (C=N–C) groups is 1. The maximum Gasteiger partial charge on any atom is 0.416 e. The van der Waals surface area contributed by atoms with Crippen molar-refractivity contribution in [3.8, 4) is 0 Å². The molecule has 1 aromatic rings. The molecule has 1 rings (SSSR count). The molecule has 0 aliphatic heterocycles. The Labute approximate surface area is 104 Å². The Balaban J connectivity index is 2.77. The third-order valence-corrected chi connectivity index (χ3v) is 2.09. The largest absolute Gasteiger partial charge is 0.416 e. The van der Waals surface area contributed by atoms with E-state index < -0.39 is 11.7 Å². The van der Waals surface area contributed by atoms with Crippen molar-refractivity contribution in [2.45, 2.75) is 20.0 Å². The number of alkyl halides is 3. The SMILES string of the molecule is CC(C)CN=C(N)Nc1cccc(C(F)(F)F)c1. The van der Waals surface area contributed by atoms with Gasteiger partial charge in [-0.15, -0.1) is 0 Å². The fourth-order valence-electron chi connectivity index (χ4n) is 1.24. The van der Waals surface area contributed by atoms with Gasteiger partial charge in [-0.2, -0.15) is 13.2 Å². The van der Waals surface area contributed by atoms with Gasteiger partial charge in [-0.05, 0) is 24.1 Å². The molecule has 0 saturated carbocycles. The monoisotopic (exact) mass is 259 g/mol. The number of anilines is 1. The van der Waals surface area contributed by atoms with Crippen LogP contribution in [0.2, 0.25) is 0 Å². The van der Waals surface area contributed by atoms with Crippen LogP contribution in [0.25, 0.3) is 0 Å². The van der Waals surface area contributed by atoms with E-state index in [9.17, 15) is 13.2 Å². The first kappa shape index (κ1) is 14.3. The van der Waals surface area contributed by atoms with Gasteiger partial charge in [-0.25, -0.2) is 0 Å². The van der Waals surface area contributed by atoms with Gasteiger partial charge in [0.2, 0.25) is 0 Å². The molecule has 0 saturated heterocycles. The van der Waals surface area contributed by atoms with Gasteiger partial charge in [0.05, 0.1) is 5.56 Å². The zero-order chi connectivity index (χ0) is 13.8. The van der Waals surface area contributed by atoms with Crippen molar-refractivity contribution >= 4 is 11.6 Å². The predicted octanol–water partition coefficient (Wildman–Crippen LogP) is 3.09. The zero-order valence-corrected chi connectivity index (χ0v) is 10.3. The quantitative estimate of drug-likeness (QED) is 0.647. The van der Waals surface area contributed by atoms with Crippen LogP contribution < -0.4 is 11.1 Å². The Morgan fingerprint density at radius 1 is 1.39 bits per heavy atom. The molecule has 18 heavy (non-hydrogen) atoms. The van der Waals surface area contributed by atoms with Gasteiger partial charge in [-0.3, -0.25) is 4.99 Å².